The van der Waals surface area contributed by atoms with Gasteiger partial charge in [0.25, 0.3) is 0 Å². The SMILES string of the molecule is O=C(N1CCOCC1)N1CCc2cc(-c3cnc4[nH]cc(Cl)c4c3)cc([C@@H]3COCCN3)c2C1. The first-order valence-corrected chi connectivity index (χ1v) is 12.3. The molecule has 2 saturated heterocycles. The molecule has 3 aliphatic rings. The largest absolute Gasteiger partial charge is 0.378 e. The predicted molar refractivity (Wildman–Crippen MR) is 130 cm³/mol. The summed E-state index contributed by atoms with van der Waals surface area (Å²) in [7, 11) is 0. The number of halogens is 1. The van der Waals surface area contributed by atoms with Crippen molar-refractivity contribution in [3.05, 3.63) is 52.3 Å². The minimum Gasteiger partial charge on any atom is -0.378 e. The first-order valence-electron chi connectivity index (χ1n) is 11.9. The van der Waals surface area contributed by atoms with Gasteiger partial charge in [0.2, 0.25) is 0 Å². The van der Waals surface area contributed by atoms with E-state index in [0.29, 0.717) is 57.6 Å². The van der Waals surface area contributed by atoms with Crippen LogP contribution in [0.5, 0.6) is 0 Å². The Bertz CT molecular complexity index is 1220. The number of hydrogen-bond donors (Lipinski definition) is 2. The fourth-order valence-electron chi connectivity index (χ4n) is 5.19. The Morgan fingerprint density at radius 1 is 1.06 bits per heavy atom. The van der Waals surface area contributed by atoms with Gasteiger partial charge in [0, 0.05) is 56.1 Å². The second-order valence-electron chi connectivity index (χ2n) is 9.10. The highest BCUT2D eigenvalue weighted by Crippen LogP contribution is 2.35. The van der Waals surface area contributed by atoms with Crippen LogP contribution >= 0.6 is 11.6 Å². The van der Waals surface area contributed by atoms with Crippen LogP contribution in [-0.4, -0.2) is 78.4 Å². The number of carbonyl (C=O) groups is 1. The van der Waals surface area contributed by atoms with Crippen LogP contribution in [0.15, 0.2) is 30.6 Å². The number of aromatic nitrogens is 2. The number of fused-ring (bicyclic) bond motifs is 2. The average molecular weight is 482 g/mol. The molecule has 1 aromatic carbocycles. The normalized spacial score (nSPS) is 21.0. The molecule has 0 unspecified atom stereocenters. The molecule has 0 spiro atoms. The molecule has 8 nitrogen and oxygen atoms in total. The lowest BCUT2D eigenvalue weighted by Crippen LogP contribution is -2.49. The Morgan fingerprint density at radius 3 is 2.76 bits per heavy atom. The summed E-state index contributed by atoms with van der Waals surface area (Å²) in [6.45, 7) is 6.00. The van der Waals surface area contributed by atoms with E-state index in [4.69, 9.17) is 21.1 Å². The Labute approximate surface area is 203 Å². The average Bonchev–Trinajstić information content (AvgIpc) is 3.28. The fraction of sp³-hybridized carbons (Fsp3) is 0.440. The quantitative estimate of drug-likeness (QED) is 0.586. The third-order valence-electron chi connectivity index (χ3n) is 7.04. The first kappa shape index (κ1) is 21.9. The number of amides is 2. The molecule has 34 heavy (non-hydrogen) atoms. The number of pyridine rings is 1. The molecule has 6 rings (SSSR count). The molecule has 0 aliphatic carbocycles. The first-order chi connectivity index (χ1) is 16.7. The highest BCUT2D eigenvalue weighted by Gasteiger charge is 2.30. The number of rotatable bonds is 2. The van der Waals surface area contributed by atoms with Crippen LogP contribution in [0.2, 0.25) is 5.02 Å². The molecule has 2 amide bonds. The maximum atomic E-state index is 13.2. The van der Waals surface area contributed by atoms with Gasteiger partial charge in [0.15, 0.2) is 0 Å². The number of carbonyl (C=O) groups excluding carboxylic acids is 1. The van der Waals surface area contributed by atoms with Crippen LogP contribution in [0.3, 0.4) is 0 Å². The van der Waals surface area contributed by atoms with E-state index in [-0.39, 0.29) is 12.1 Å². The van der Waals surface area contributed by atoms with E-state index in [1.54, 1.807) is 6.20 Å². The second-order valence-corrected chi connectivity index (χ2v) is 9.50. The predicted octanol–water partition coefficient (Wildman–Crippen LogP) is 3.35. The molecule has 178 valence electrons. The van der Waals surface area contributed by atoms with Crippen molar-refractivity contribution in [3.8, 4) is 11.1 Å². The Kier molecular flexibility index (Phi) is 5.90. The number of hydrogen-bond acceptors (Lipinski definition) is 5. The number of aromatic amines is 1. The van der Waals surface area contributed by atoms with Gasteiger partial charge in [-0.3, -0.25) is 0 Å². The molecule has 2 aromatic heterocycles. The molecule has 1 atom stereocenters. The third kappa shape index (κ3) is 4.05. The molecule has 0 saturated carbocycles. The van der Waals surface area contributed by atoms with Crippen LogP contribution < -0.4 is 5.32 Å². The third-order valence-corrected chi connectivity index (χ3v) is 7.35. The number of benzene rings is 1. The van der Waals surface area contributed by atoms with Gasteiger partial charge in [-0.25, -0.2) is 9.78 Å². The van der Waals surface area contributed by atoms with E-state index >= 15 is 0 Å². The molecule has 2 N–H and O–H groups in total. The van der Waals surface area contributed by atoms with Crippen LogP contribution in [0.4, 0.5) is 4.79 Å². The standard InChI is InChI=1S/C25H28ClN5O3/c26-22-13-29-24-20(22)11-18(12-28-24)17-9-16-1-3-31(25(32)30-4-7-33-8-5-30)14-21(16)19(10-17)23-15-34-6-2-27-23/h9-13,23,27H,1-8,14-15H2,(H,28,29)/t23-/m0/s1. The van der Waals surface area contributed by atoms with Gasteiger partial charge in [-0.05, 0) is 40.8 Å². The fourth-order valence-corrected chi connectivity index (χ4v) is 5.39. The lowest BCUT2D eigenvalue weighted by molar-refractivity contribution is 0.0420. The number of urea groups is 1. The maximum Gasteiger partial charge on any atom is 0.320 e. The summed E-state index contributed by atoms with van der Waals surface area (Å²) >= 11 is 6.36. The van der Waals surface area contributed by atoms with E-state index < -0.39 is 0 Å². The van der Waals surface area contributed by atoms with Crippen molar-refractivity contribution >= 4 is 28.7 Å². The summed E-state index contributed by atoms with van der Waals surface area (Å²) in [6, 6.07) is 6.77. The van der Waals surface area contributed by atoms with E-state index in [0.717, 1.165) is 35.1 Å². The second kappa shape index (κ2) is 9.19. The van der Waals surface area contributed by atoms with Crippen molar-refractivity contribution in [2.24, 2.45) is 0 Å². The smallest absolute Gasteiger partial charge is 0.320 e. The Morgan fingerprint density at radius 2 is 1.94 bits per heavy atom. The maximum absolute atomic E-state index is 13.2. The minimum atomic E-state index is 0.0911. The zero-order valence-electron chi connectivity index (χ0n) is 19.0. The molecule has 0 bridgehead atoms. The van der Waals surface area contributed by atoms with Gasteiger partial charge in [-0.1, -0.05) is 17.7 Å². The van der Waals surface area contributed by atoms with E-state index in [2.05, 4.69) is 33.5 Å². The highest BCUT2D eigenvalue weighted by molar-refractivity contribution is 6.35. The van der Waals surface area contributed by atoms with Crippen molar-refractivity contribution in [1.29, 1.82) is 0 Å². The molecule has 3 aromatic rings. The van der Waals surface area contributed by atoms with Crippen LogP contribution in [0, 0.1) is 0 Å². The molecular formula is C25H28ClN5O3. The number of nitrogens with one attached hydrogen (secondary N) is 2. The molecular weight excluding hydrogens is 454 g/mol. The van der Waals surface area contributed by atoms with Gasteiger partial charge in [0.1, 0.15) is 5.65 Å². The van der Waals surface area contributed by atoms with Gasteiger partial charge in [-0.15, -0.1) is 0 Å². The lowest BCUT2D eigenvalue weighted by atomic mass is 9.87. The molecule has 0 radical (unpaired) electrons. The monoisotopic (exact) mass is 481 g/mol. The van der Waals surface area contributed by atoms with Crippen LogP contribution in [0.25, 0.3) is 22.2 Å². The minimum absolute atomic E-state index is 0.0911. The van der Waals surface area contributed by atoms with Crippen molar-refractivity contribution < 1.29 is 14.3 Å². The number of ether oxygens (including phenoxy) is 2. The van der Waals surface area contributed by atoms with Crippen molar-refractivity contribution in [2.75, 3.05) is 52.6 Å². The van der Waals surface area contributed by atoms with Gasteiger partial charge < -0.3 is 29.6 Å². The highest BCUT2D eigenvalue weighted by atomic mass is 35.5. The number of H-pyrrole nitrogens is 1. The molecule has 9 heteroatoms. The van der Waals surface area contributed by atoms with Gasteiger partial charge in [0.05, 0.1) is 37.5 Å². The van der Waals surface area contributed by atoms with Gasteiger partial charge >= 0.3 is 6.03 Å². The van der Waals surface area contributed by atoms with E-state index in [9.17, 15) is 4.79 Å². The number of nitrogens with zero attached hydrogens (tertiary/aromatic N) is 3. The van der Waals surface area contributed by atoms with Crippen LogP contribution in [-0.2, 0) is 22.4 Å². The molecule has 5 heterocycles. The van der Waals surface area contributed by atoms with E-state index in [1.807, 2.05) is 16.0 Å². The lowest BCUT2D eigenvalue weighted by Gasteiger charge is -2.37. The van der Waals surface area contributed by atoms with Crippen LogP contribution in [0.1, 0.15) is 22.7 Å². The van der Waals surface area contributed by atoms with E-state index in [1.165, 1.54) is 16.7 Å². The summed E-state index contributed by atoms with van der Waals surface area (Å²) < 4.78 is 11.2. The number of morpholine rings is 2. The summed E-state index contributed by atoms with van der Waals surface area (Å²) in [5, 5.41) is 5.19. The molecule has 2 fully saturated rings. The van der Waals surface area contributed by atoms with Gasteiger partial charge in [-0.2, -0.15) is 0 Å². The summed E-state index contributed by atoms with van der Waals surface area (Å²) in [4.78, 5) is 24.8. The zero-order valence-corrected chi connectivity index (χ0v) is 19.7. The summed E-state index contributed by atoms with van der Waals surface area (Å²) in [5.41, 5.74) is 6.64. The topological polar surface area (TPSA) is 82.7 Å². The summed E-state index contributed by atoms with van der Waals surface area (Å²) in [6.07, 6.45) is 4.48. The van der Waals surface area contributed by atoms with Crippen molar-refractivity contribution in [3.63, 3.8) is 0 Å². The molecule has 3 aliphatic heterocycles. The Balaban J connectivity index is 1.37. The Hall–Kier alpha value is -2.65. The van der Waals surface area contributed by atoms with Crippen molar-refractivity contribution in [2.45, 2.75) is 19.0 Å². The van der Waals surface area contributed by atoms with Crippen molar-refractivity contribution in [1.82, 2.24) is 25.1 Å². The zero-order chi connectivity index (χ0) is 23.1. The summed E-state index contributed by atoms with van der Waals surface area (Å²) in [5.74, 6) is 0.